The van der Waals surface area contributed by atoms with Gasteiger partial charge in [-0.25, -0.2) is 0 Å². The van der Waals surface area contributed by atoms with Gasteiger partial charge < -0.3 is 19.5 Å². The van der Waals surface area contributed by atoms with Crippen LogP contribution in [0.25, 0.3) is 0 Å². The first-order valence-electron chi connectivity index (χ1n) is 9.60. The van der Waals surface area contributed by atoms with Crippen LogP contribution >= 0.6 is 15.9 Å². The summed E-state index contributed by atoms with van der Waals surface area (Å²) in [6.45, 7) is 0.500. The zero-order chi connectivity index (χ0) is 24.4. The number of nitrogens with zero attached hydrogens (tertiary/aromatic N) is 5. The average molecular weight is 514 g/mol. The van der Waals surface area contributed by atoms with Gasteiger partial charge in [0.05, 0.1) is 38.2 Å². The summed E-state index contributed by atoms with van der Waals surface area (Å²) in [4.78, 5) is 24.8. The molecule has 11 heteroatoms. The lowest BCUT2D eigenvalue weighted by molar-refractivity contribution is -0.140. The Morgan fingerprint density at radius 2 is 1.55 bits per heavy atom. The summed E-state index contributed by atoms with van der Waals surface area (Å²) in [5.74, 6) is -1.04. The molecule has 0 heterocycles. The molecule has 0 aliphatic heterocycles. The van der Waals surface area contributed by atoms with Crippen molar-refractivity contribution in [1.29, 1.82) is 10.5 Å². The third kappa shape index (κ3) is 7.02. The number of methoxy groups -OCH3 is 2. The molecule has 2 aromatic carbocycles. The molecule has 2 rings (SSSR count). The fourth-order valence-electron chi connectivity index (χ4n) is 2.80. The molecule has 0 atom stereocenters. The van der Waals surface area contributed by atoms with Crippen molar-refractivity contribution in [1.82, 2.24) is 0 Å². The molecular formula is C22H20BrN5O5. The van der Waals surface area contributed by atoms with Crippen LogP contribution in [0.3, 0.4) is 0 Å². The molecule has 0 amide bonds. The molecule has 0 bridgehead atoms. The van der Waals surface area contributed by atoms with E-state index in [2.05, 4.69) is 35.6 Å². The standard InChI is InChI=1S/C22H20BrN5O5/c1-32-20(30)5-7-28(8-6-21(31)33-2)17-3-4-18(19(29)11-17)26-27-22-14(12-24)9-16(23)10-15(22)13-25/h3-4,9-11,29H,5-8H2,1-2H3/b27-26+. The molecule has 0 radical (unpaired) electrons. The van der Waals surface area contributed by atoms with Crippen LogP contribution in [0, 0.1) is 22.7 Å². The van der Waals surface area contributed by atoms with Gasteiger partial charge in [-0.1, -0.05) is 15.9 Å². The quantitative estimate of drug-likeness (QED) is 0.386. The number of azo groups is 1. The highest BCUT2D eigenvalue weighted by Gasteiger charge is 2.15. The number of anilines is 1. The second kappa shape index (κ2) is 12.2. The number of ether oxygens (including phenoxy) is 2. The van der Waals surface area contributed by atoms with Crippen molar-refractivity contribution in [2.45, 2.75) is 12.8 Å². The summed E-state index contributed by atoms with van der Waals surface area (Å²) in [6, 6.07) is 11.5. The minimum atomic E-state index is -0.413. The molecule has 0 unspecified atom stereocenters. The van der Waals surface area contributed by atoms with Crippen molar-refractivity contribution >= 4 is 44.9 Å². The fraction of sp³-hybridized carbons (Fsp3) is 0.273. The Hall–Kier alpha value is -3.96. The van der Waals surface area contributed by atoms with Crippen LogP contribution in [0.1, 0.15) is 24.0 Å². The number of halogens is 1. The summed E-state index contributed by atoms with van der Waals surface area (Å²) in [7, 11) is 2.57. The number of rotatable bonds is 9. The number of hydrogen-bond acceptors (Lipinski definition) is 10. The molecule has 0 aliphatic rings. The first kappa shape index (κ1) is 25.3. The summed E-state index contributed by atoms with van der Waals surface area (Å²) in [6.07, 6.45) is 0.161. The van der Waals surface area contributed by atoms with Gasteiger partial charge >= 0.3 is 11.9 Å². The lowest BCUT2D eigenvalue weighted by atomic mass is 10.1. The minimum Gasteiger partial charge on any atom is -0.506 e. The second-order valence-electron chi connectivity index (χ2n) is 6.59. The molecular weight excluding hydrogens is 494 g/mol. The third-order valence-corrected chi connectivity index (χ3v) is 4.98. The number of carbonyl (C=O) groups is 2. The molecule has 2 aromatic rings. The second-order valence-corrected chi connectivity index (χ2v) is 7.50. The molecule has 0 aromatic heterocycles. The van der Waals surface area contributed by atoms with E-state index >= 15 is 0 Å². The smallest absolute Gasteiger partial charge is 0.307 e. The highest BCUT2D eigenvalue weighted by Crippen LogP contribution is 2.34. The number of benzene rings is 2. The monoisotopic (exact) mass is 513 g/mol. The Kier molecular flexibility index (Phi) is 9.33. The maximum atomic E-state index is 11.5. The fourth-order valence-corrected chi connectivity index (χ4v) is 3.26. The van der Waals surface area contributed by atoms with E-state index in [1.807, 2.05) is 12.1 Å². The van der Waals surface area contributed by atoms with Gasteiger partial charge in [-0.2, -0.15) is 10.5 Å². The van der Waals surface area contributed by atoms with Crippen LogP contribution in [-0.4, -0.2) is 44.4 Å². The zero-order valence-electron chi connectivity index (χ0n) is 17.9. The van der Waals surface area contributed by atoms with E-state index in [0.29, 0.717) is 10.2 Å². The van der Waals surface area contributed by atoms with E-state index in [4.69, 9.17) is 0 Å². The normalized spacial score (nSPS) is 10.3. The highest BCUT2D eigenvalue weighted by molar-refractivity contribution is 9.10. The average Bonchev–Trinajstić information content (AvgIpc) is 2.82. The van der Waals surface area contributed by atoms with Crippen LogP contribution in [0.15, 0.2) is 45.0 Å². The predicted octanol–water partition coefficient (Wildman–Crippen LogP) is 4.25. The van der Waals surface area contributed by atoms with E-state index < -0.39 is 11.9 Å². The first-order chi connectivity index (χ1) is 15.8. The van der Waals surface area contributed by atoms with Crippen molar-refractivity contribution in [3.05, 3.63) is 45.9 Å². The molecule has 0 saturated carbocycles. The molecule has 0 spiro atoms. The topological polar surface area (TPSA) is 148 Å². The van der Waals surface area contributed by atoms with Gasteiger partial charge in [-0.05, 0) is 24.3 Å². The number of hydrogen-bond donors (Lipinski definition) is 1. The van der Waals surface area contributed by atoms with Crippen LogP contribution in [0.2, 0.25) is 0 Å². The van der Waals surface area contributed by atoms with Gasteiger partial charge in [0.15, 0.2) is 0 Å². The molecule has 0 fully saturated rings. The lowest BCUT2D eigenvalue weighted by Crippen LogP contribution is -2.29. The Morgan fingerprint density at radius 3 is 2.00 bits per heavy atom. The number of phenolic OH excluding ortho intramolecular Hbond substituents is 1. The Bertz CT molecular complexity index is 1100. The largest absolute Gasteiger partial charge is 0.506 e. The Balaban J connectivity index is 2.31. The van der Waals surface area contributed by atoms with Crippen molar-refractivity contribution in [3.8, 4) is 17.9 Å². The van der Waals surface area contributed by atoms with Gasteiger partial charge in [0.2, 0.25) is 0 Å². The van der Waals surface area contributed by atoms with Gasteiger partial charge in [0, 0.05) is 29.3 Å². The minimum absolute atomic E-state index is 0.0807. The van der Waals surface area contributed by atoms with Crippen LogP contribution in [0.4, 0.5) is 17.1 Å². The Labute approximate surface area is 198 Å². The number of phenols is 1. The van der Waals surface area contributed by atoms with Crippen molar-refractivity contribution in [3.63, 3.8) is 0 Å². The molecule has 10 nitrogen and oxygen atoms in total. The van der Waals surface area contributed by atoms with E-state index in [1.165, 1.54) is 38.5 Å². The zero-order valence-corrected chi connectivity index (χ0v) is 19.5. The van der Waals surface area contributed by atoms with Crippen molar-refractivity contribution in [2.75, 3.05) is 32.2 Å². The maximum absolute atomic E-state index is 11.5. The number of esters is 2. The molecule has 0 saturated heterocycles. The molecule has 0 aliphatic carbocycles. The summed E-state index contributed by atoms with van der Waals surface area (Å²) < 4.78 is 9.88. The molecule has 170 valence electrons. The van der Waals surface area contributed by atoms with E-state index in [-0.39, 0.29) is 54.2 Å². The number of aromatic hydroxyl groups is 1. The highest BCUT2D eigenvalue weighted by atomic mass is 79.9. The van der Waals surface area contributed by atoms with E-state index in [9.17, 15) is 25.2 Å². The molecule has 33 heavy (non-hydrogen) atoms. The van der Waals surface area contributed by atoms with Crippen molar-refractivity contribution < 1.29 is 24.2 Å². The maximum Gasteiger partial charge on any atom is 0.307 e. The van der Waals surface area contributed by atoms with Gasteiger partial charge in [0.25, 0.3) is 0 Å². The van der Waals surface area contributed by atoms with Gasteiger partial charge in [0.1, 0.15) is 29.3 Å². The summed E-state index contributed by atoms with van der Waals surface area (Å²) in [5.41, 5.74) is 1.04. The van der Waals surface area contributed by atoms with Crippen LogP contribution in [0.5, 0.6) is 5.75 Å². The third-order valence-electron chi connectivity index (χ3n) is 4.52. The predicted molar refractivity (Wildman–Crippen MR) is 121 cm³/mol. The summed E-state index contributed by atoms with van der Waals surface area (Å²) in [5, 5.41) is 37.1. The van der Waals surface area contributed by atoms with E-state index in [0.717, 1.165) is 0 Å². The SMILES string of the molecule is COC(=O)CCN(CCC(=O)OC)c1ccc(/N=N/c2c(C#N)cc(Br)cc2C#N)c(O)c1. The summed E-state index contributed by atoms with van der Waals surface area (Å²) >= 11 is 3.23. The van der Waals surface area contributed by atoms with Crippen LogP contribution in [-0.2, 0) is 19.1 Å². The van der Waals surface area contributed by atoms with Crippen molar-refractivity contribution in [2.24, 2.45) is 10.2 Å². The van der Waals surface area contributed by atoms with Gasteiger partial charge in [-0.3, -0.25) is 9.59 Å². The van der Waals surface area contributed by atoms with Crippen LogP contribution < -0.4 is 4.90 Å². The molecule has 1 N–H and O–H groups in total. The first-order valence-corrected chi connectivity index (χ1v) is 10.4. The number of carbonyl (C=O) groups excluding carboxylic acids is 2. The van der Waals surface area contributed by atoms with Gasteiger partial charge in [-0.15, -0.1) is 10.2 Å². The number of nitriles is 2. The van der Waals surface area contributed by atoms with E-state index in [1.54, 1.807) is 11.0 Å². The Morgan fingerprint density at radius 1 is 1.00 bits per heavy atom. The lowest BCUT2D eigenvalue weighted by Gasteiger charge is -2.24.